The molecule has 0 aliphatic carbocycles. The number of amides is 1. The number of anilines is 1. The average Bonchev–Trinajstić information content (AvgIpc) is 2.78. The predicted octanol–water partition coefficient (Wildman–Crippen LogP) is 2.19. The number of benzene rings is 2. The highest BCUT2D eigenvalue weighted by atomic mass is 35.5. The van der Waals surface area contributed by atoms with Crippen LogP contribution in [0.15, 0.2) is 35.2 Å². The maximum atomic E-state index is 13.2. The van der Waals surface area contributed by atoms with Crippen LogP contribution in [0.4, 0.5) is 5.69 Å². The Morgan fingerprint density at radius 3 is 2.47 bits per heavy atom. The molecule has 32 heavy (non-hydrogen) atoms. The van der Waals surface area contributed by atoms with E-state index < -0.39 is 10.0 Å². The Labute approximate surface area is 191 Å². The average molecular weight is 482 g/mol. The Hall–Kier alpha value is -2.53. The molecule has 172 valence electrons. The zero-order chi connectivity index (χ0) is 22.9. The summed E-state index contributed by atoms with van der Waals surface area (Å²) in [5, 5.41) is 2.67. The lowest BCUT2D eigenvalue weighted by Gasteiger charge is -2.34. The summed E-state index contributed by atoms with van der Waals surface area (Å²) in [6.45, 7) is 2.32. The molecule has 0 bridgehead atoms. The number of fused-ring (bicyclic) bond motifs is 1. The molecular formula is C21H24ClN3O6S. The highest BCUT2D eigenvalue weighted by Gasteiger charge is 2.32. The fraction of sp³-hybridized carbons (Fsp3) is 0.381. The largest absolute Gasteiger partial charge is 0.493 e. The second kappa shape index (κ2) is 9.14. The maximum Gasteiger partial charge on any atom is 0.262 e. The fourth-order valence-electron chi connectivity index (χ4n) is 3.78. The summed E-state index contributed by atoms with van der Waals surface area (Å²) < 4.78 is 43.9. The topological polar surface area (TPSA) is 97.4 Å². The molecule has 4 rings (SSSR count). The molecule has 0 radical (unpaired) electrons. The number of nitrogens with zero attached hydrogens (tertiary/aromatic N) is 2. The Morgan fingerprint density at radius 2 is 1.78 bits per heavy atom. The number of carbonyl (C=O) groups excluding carboxylic acids is 1. The van der Waals surface area contributed by atoms with Crippen molar-refractivity contribution in [3.05, 3.63) is 40.9 Å². The van der Waals surface area contributed by atoms with Gasteiger partial charge in [-0.25, -0.2) is 8.42 Å². The molecular weight excluding hydrogens is 458 g/mol. The Balaban J connectivity index is 1.44. The van der Waals surface area contributed by atoms with Gasteiger partial charge in [-0.05, 0) is 23.8 Å². The van der Waals surface area contributed by atoms with Gasteiger partial charge in [0.1, 0.15) is 10.6 Å². The van der Waals surface area contributed by atoms with Crippen LogP contribution in [0.1, 0.15) is 5.56 Å². The Kier molecular flexibility index (Phi) is 6.47. The van der Waals surface area contributed by atoms with Crippen molar-refractivity contribution in [2.24, 2.45) is 0 Å². The van der Waals surface area contributed by atoms with Crippen LogP contribution in [0, 0.1) is 0 Å². The third-order valence-corrected chi connectivity index (χ3v) is 7.83. The van der Waals surface area contributed by atoms with Crippen molar-refractivity contribution in [3.63, 3.8) is 0 Å². The Morgan fingerprint density at radius 1 is 1.06 bits per heavy atom. The molecule has 2 aromatic rings. The minimum absolute atomic E-state index is 0.0255. The number of rotatable bonds is 6. The van der Waals surface area contributed by atoms with Gasteiger partial charge in [-0.2, -0.15) is 4.31 Å². The van der Waals surface area contributed by atoms with Gasteiger partial charge < -0.3 is 19.5 Å². The number of ether oxygens (including phenoxy) is 3. The van der Waals surface area contributed by atoms with E-state index in [0.717, 1.165) is 5.56 Å². The normalized spacial score (nSPS) is 17.3. The first-order valence-corrected chi connectivity index (χ1v) is 11.8. The summed E-state index contributed by atoms with van der Waals surface area (Å²) >= 11 is 6.26. The first-order chi connectivity index (χ1) is 15.3. The number of piperazine rings is 1. The summed E-state index contributed by atoms with van der Waals surface area (Å²) in [5.41, 5.74) is 1.42. The van der Waals surface area contributed by atoms with Crippen LogP contribution in [-0.2, 0) is 21.4 Å². The highest BCUT2D eigenvalue weighted by molar-refractivity contribution is 7.89. The van der Waals surface area contributed by atoms with Crippen molar-refractivity contribution in [1.82, 2.24) is 9.21 Å². The van der Waals surface area contributed by atoms with Crippen molar-refractivity contribution in [1.29, 1.82) is 0 Å². The van der Waals surface area contributed by atoms with E-state index in [4.69, 9.17) is 25.8 Å². The molecule has 0 saturated carbocycles. The van der Waals surface area contributed by atoms with E-state index in [0.29, 0.717) is 55.7 Å². The number of halogens is 1. The van der Waals surface area contributed by atoms with E-state index >= 15 is 0 Å². The molecule has 2 aliphatic rings. The molecule has 0 atom stereocenters. The second-order valence-electron chi connectivity index (χ2n) is 7.49. The molecule has 2 aliphatic heterocycles. The van der Waals surface area contributed by atoms with Gasteiger partial charge in [0.25, 0.3) is 5.91 Å². The van der Waals surface area contributed by atoms with Crippen molar-refractivity contribution < 1.29 is 27.4 Å². The van der Waals surface area contributed by atoms with E-state index in [1.807, 2.05) is 18.2 Å². The quantitative estimate of drug-likeness (QED) is 0.675. The number of hydrogen-bond acceptors (Lipinski definition) is 7. The molecule has 1 saturated heterocycles. The standard InChI is InChI=1S/C21H24ClN3O6S/c1-29-17-4-3-14(9-19(17)30-2)12-24-5-7-25(8-6-24)32(27,28)20-11-18-16(10-15(20)22)23-21(26)13-31-18/h3-4,9-11H,5-8,12-13H2,1-2H3,(H,23,26). The van der Waals surface area contributed by atoms with Crippen molar-refractivity contribution >= 4 is 33.2 Å². The molecule has 2 aromatic carbocycles. The SMILES string of the molecule is COc1ccc(CN2CCN(S(=O)(=O)c3cc4c(cc3Cl)NC(=O)CO4)CC2)cc1OC. The first kappa shape index (κ1) is 22.7. The molecule has 1 N–H and O–H groups in total. The van der Waals surface area contributed by atoms with E-state index in [1.165, 1.54) is 16.4 Å². The van der Waals surface area contributed by atoms with Crippen LogP contribution in [0.5, 0.6) is 17.2 Å². The molecule has 1 amide bonds. The molecule has 0 spiro atoms. The van der Waals surface area contributed by atoms with E-state index in [2.05, 4.69) is 10.2 Å². The third-order valence-electron chi connectivity index (χ3n) is 5.47. The number of hydrogen-bond donors (Lipinski definition) is 1. The van der Waals surface area contributed by atoms with Gasteiger partial charge in [-0.15, -0.1) is 0 Å². The fourth-order valence-corrected chi connectivity index (χ4v) is 5.72. The van der Waals surface area contributed by atoms with Crippen LogP contribution >= 0.6 is 11.6 Å². The minimum Gasteiger partial charge on any atom is -0.493 e. The molecule has 1 fully saturated rings. The van der Waals surface area contributed by atoms with Crippen molar-refractivity contribution in [3.8, 4) is 17.2 Å². The van der Waals surface area contributed by atoms with Crippen LogP contribution < -0.4 is 19.5 Å². The summed E-state index contributed by atoms with van der Waals surface area (Å²) in [4.78, 5) is 13.6. The zero-order valence-corrected chi connectivity index (χ0v) is 19.3. The number of carbonyl (C=O) groups is 1. The zero-order valence-electron chi connectivity index (χ0n) is 17.8. The van der Waals surface area contributed by atoms with E-state index in [1.54, 1.807) is 14.2 Å². The van der Waals surface area contributed by atoms with Gasteiger partial charge in [-0.1, -0.05) is 17.7 Å². The maximum absolute atomic E-state index is 13.2. The van der Waals surface area contributed by atoms with Crippen molar-refractivity contribution in [2.45, 2.75) is 11.4 Å². The smallest absolute Gasteiger partial charge is 0.262 e. The highest BCUT2D eigenvalue weighted by Crippen LogP contribution is 2.37. The van der Waals surface area contributed by atoms with Gasteiger partial charge in [-0.3, -0.25) is 9.69 Å². The van der Waals surface area contributed by atoms with Gasteiger partial charge in [0.2, 0.25) is 10.0 Å². The minimum atomic E-state index is -3.81. The molecule has 9 nitrogen and oxygen atoms in total. The van der Waals surface area contributed by atoms with E-state index in [9.17, 15) is 13.2 Å². The summed E-state index contributed by atoms with van der Waals surface area (Å²) in [7, 11) is -0.625. The summed E-state index contributed by atoms with van der Waals surface area (Å²) in [6, 6.07) is 8.54. The first-order valence-electron chi connectivity index (χ1n) is 10.0. The van der Waals surface area contributed by atoms with Gasteiger partial charge >= 0.3 is 0 Å². The monoisotopic (exact) mass is 481 g/mol. The lowest BCUT2D eigenvalue weighted by molar-refractivity contribution is -0.118. The lowest BCUT2D eigenvalue weighted by Crippen LogP contribution is -2.48. The van der Waals surface area contributed by atoms with Crippen LogP contribution in [-0.4, -0.2) is 70.5 Å². The molecule has 0 aromatic heterocycles. The van der Waals surface area contributed by atoms with E-state index in [-0.39, 0.29) is 22.4 Å². The predicted molar refractivity (Wildman–Crippen MR) is 119 cm³/mol. The lowest BCUT2D eigenvalue weighted by atomic mass is 10.1. The van der Waals surface area contributed by atoms with Gasteiger partial charge in [0.05, 0.1) is 24.9 Å². The van der Waals surface area contributed by atoms with Gasteiger partial charge in [0.15, 0.2) is 18.1 Å². The van der Waals surface area contributed by atoms with Gasteiger partial charge in [0, 0.05) is 38.8 Å². The van der Waals surface area contributed by atoms with Crippen molar-refractivity contribution in [2.75, 3.05) is 52.3 Å². The molecule has 2 heterocycles. The summed E-state index contributed by atoms with van der Waals surface area (Å²) in [5.74, 6) is 1.30. The number of methoxy groups -OCH3 is 2. The third kappa shape index (κ3) is 4.49. The number of sulfonamides is 1. The van der Waals surface area contributed by atoms with Crippen LogP contribution in [0.25, 0.3) is 0 Å². The Bertz CT molecular complexity index is 1130. The molecule has 11 heteroatoms. The second-order valence-corrected chi connectivity index (χ2v) is 9.80. The van der Waals surface area contributed by atoms with Crippen LogP contribution in [0.3, 0.4) is 0 Å². The number of nitrogens with one attached hydrogen (secondary N) is 1. The summed E-state index contributed by atoms with van der Waals surface area (Å²) in [6.07, 6.45) is 0. The molecule has 0 unspecified atom stereocenters. The van der Waals surface area contributed by atoms with Crippen LogP contribution in [0.2, 0.25) is 5.02 Å².